The summed E-state index contributed by atoms with van der Waals surface area (Å²) >= 11 is 0. The van der Waals surface area contributed by atoms with E-state index >= 15 is 0 Å². The first-order valence-electron chi connectivity index (χ1n) is 13.2. The summed E-state index contributed by atoms with van der Waals surface area (Å²) < 4.78 is 60.8. The number of fused-ring (bicyclic) bond motifs is 1. The number of azo groups is 1. The summed E-state index contributed by atoms with van der Waals surface area (Å²) in [5, 5.41) is 34.1. The van der Waals surface area contributed by atoms with E-state index in [1.54, 1.807) is 31.2 Å². The summed E-state index contributed by atoms with van der Waals surface area (Å²) in [5.74, 6) is -1.30. The number of nitrogens with one attached hydrogen (secondary N) is 2. The molecule has 0 saturated heterocycles. The van der Waals surface area contributed by atoms with Crippen LogP contribution in [-0.4, -0.2) is 37.3 Å². The lowest BCUT2D eigenvalue weighted by Crippen LogP contribution is -2.13. The minimum absolute atomic E-state index is 0.0879. The van der Waals surface area contributed by atoms with Crippen LogP contribution in [0.25, 0.3) is 10.8 Å². The highest BCUT2D eigenvalue weighted by atomic mass is 32.2. The molecule has 16 heteroatoms. The first kappa shape index (κ1) is 31.7. The number of benzene rings is 5. The van der Waals surface area contributed by atoms with Crippen molar-refractivity contribution in [2.75, 3.05) is 10.0 Å². The molecule has 1 amide bonds. The molecule has 0 aliphatic rings. The summed E-state index contributed by atoms with van der Waals surface area (Å²) in [7, 11) is -8.84. The fourth-order valence-electron chi connectivity index (χ4n) is 4.39. The molecule has 0 fully saturated rings. The molecule has 0 atom stereocenters. The van der Waals surface area contributed by atoms with Crippen molar-refractivity contribution in [2.24, 2.45) is 10.2 Å². The van der Waals surface area contributed by atoms with Crippen LogP contribution < -0.4 is 10.0 Å². The van der Waals surface area contributed by atoms with Crippen LogP contribution in [0.4, 0.5) is 28.4 Å². The van der Waals surface area contributed by atoms with E-state index in [0.717, 1.165) is 12.1 Å². The number of rotatable bonds is 9. The quantitative estimate of drug-likeness (QED) is 0.0587. The van der Waals surface area contributed by atoms with Crippen molar-refractivity contribution >= 4 is 65.3 Å². The van der Waals surface area contributed by atoms with Crippen LogP contribution in [0.3, 0.4) is 0 Å². The predicted molar refractivity (Wildman–Crippen MR) is 169 cm³/mol. The van der Waals surface area contributed by atoms with E-state index in [-0.39, 0.29) is 38.9 Å². The number of carbonyl (C=O) groups excluding carboxylic acids is 1. The number of anilines is 2. The second-order valence-corrected chi connectivity index (χ2v) is 13.0. The van der Waals surface area contributed by atoms with Crippen molar-refractivity contribution in [1.29, 1.82) is 0 Å². The smallest absolute Gasteiger partial charge is 0.294 e. The van der Waals surface area contributed by atoms with Crippen LogP contribution in [-0.2, 0) is 20.1 Å². The number of aromatic hydroxyl groups is 1. The third kappa shape index (κ3) is 6.83. The molecule has 4 N–H and O–H groups in total. The van der Waals surface area contributed by atoms with Gasteiger partial charge in [0.15, 0.2) is 5.75 Å². The molecular formula is C30H23N5O9S2. The van der Waals surface area contributed by atoms with Crippen LogP contribution in [0.15, 0.2) is 117 Å². The molecule has 0 unspecified atom stereocenters. The molecule has 0 heterocycles. The van der Waals surface area contributed by atoms with Gasteiger partial charge in [-0.25, -0.2) is 8.42 Å². The largest absolute Gasteiger partial charge is 0.505 e. The third-order valence-electron chi connectivity index (χ3n) is 6.69. The minimum Gasteiger partial charge on any atom is -0.505 e. The number of nitro groups is 1. The summed E-state index contributed by atoms with van der Waals surface area (Å²) in [5.41, 5.74) is 0.108. The molecule has 46 heavy (non-hydrogen) atoms. The van der Waals surface area contributed by atoms with Crippen LogP contribution in [0.2, 0.25) is 0 Å². The van der Waals surface area contributed by atoms with Crippen molar-refractivity contribution < 1.29 is 36.2 Å². The molecule has 5 aromatic carbocycles. The van der Waals surface area contributed by atoms with Gasteiger partial charge in [0.2, 0.25) is 0 Å². The van der Waals surface area contributed by atoms with E-state index < -0.39 is 41.6 Å². The number of aryl methyl sites for hydroxylation is 1. The standard InChI is InChI=1S/C30H23N5O9S2/c1-18-12-13-23(45(40,41)34-21-8-5-10-24(16-21)46(42,43)44)17-27(18)32-33-28-25-11-3-2-6-19(25)14-26(29(28)36)30(37)31-20-7-4-9-22(15-20)35(38)39/h2-17,34,36H,1H3,(H,31,37)(H,42,43,44). The van der Waals surface area contributed by atoms with E-state index in [9.17, 15) is 41.4 Å². The average molecular weight is 662 g/mol. The Morgan fingerprint density at radius 3 is 2.28 bits per heavy atom. The van der Waals surface area contributed by atoms with Crippen molar-refractivity contribution in [3.63, 3.8) is 0 Å². The summed E-state index contributed by atoms with van der Waals surface area (Å²) in [6.07, 6.45) is 0. The van der Waals surface area contributed by atoms with Crippen LogP contribution >= 0.6 is 0 Å². The topological polar surface area (TPSA) is 218 Å². The predicted octanol–water partition coefficient (Wildman–Crippen LogP) is 6.48. The zero-order valence-electron chi connectivity index (χ0n) is 23.6. The van der Waals surface area contributed by atoms with Crippen LogP contribution in [0.5, 0.6) is 5.75 Å². The molecule has 0 spiro atoms. The lowest BCUT2D eigenvalue weighted by Gasteiger charge is -2.12. The first-order valence-corrected chi connectivity index (χ1v) is 16.1. The third-order valence-corrected chi connectivity index (χ3v) is 8.92. The molecule has 5 rings (SSSR count). The number of nitrogens with zero attached hydrogens (tertiary/aromatic N) is 3. The SMILES string of the molecule is Cc1ccc(S(=O)(=O)Nc2cccc(S(=O)(=O)O)c2)cc1N=Nc1c(O)c(C(=O)Nc2cccc([N+](=O)[O-])c2)cc2ccccc12. The number of carbonyl (C=O) groups is 1. The van der Waals surface area contributed by atoms with Crippen molar-refractivity contribution in [2.45, 2.75) is 16.7 Å². The molecule has 5 aromatic rings. The van der Waals surface area contributed by atoms with Crippen LogP contribution in [0, 0.1) is 17.0 Å². The molecule has 14 nitrogen and oxygen atoms in total. The average Bonchev–Trinajstić information content (AvgIpc) is 3.00. The maximum Gasteiger partial charge on any atom is 0.294 e. The van der Waals surface area contributed by atoms with E-state index in [1.165, 1.54) is 60.7 Å². The Bertz CT molecular complexity index is 2290. The fraction of sp³-hybridized carbons (Fsp3) is 0.0333. The van der Waals surface area contributed by atoms with Gasteiger partial charge in [-0.1, -0.05) is 42.5 Å². The molecule has 0 aliphatic carbocycles. The number of sulfonamides is 1. The maximum absolute atomic E-state index is 13.2. The Kier molecular flexibility index (Phi) is 8.51. The number of hydrogen-bond acceptors (Lipinski definition) is 10. The van der Waals surface area contributed by atoms with Crippen molar-refractivity contribution in [3.8, 4) is 5.75 Å². The van der Waals surface area contributed by atoms with E-state index in [1.807, 2.05) is 0 Å². The van der Waals surface area contributed by atoms with Gasteiger partial charge in [0.05, 0.1) is 31.7 Å². The van der Waals surface area contributed by atoms with Crippen LogP contribution in [0.1, 0.15) is 15.9 Å². The van der Waals surface area contributed by atoms with Gasteiger partial charge in [-0.15, -0.1) is 5.11 Å². The number of amides is 1. The lowest BCUT2D eigenvalue weighted by atomic mass is 10.0. The Balaban J connectivity index is 1.50. The Morgan fingerprint density at radius 2 is 1.54 bits per heavy atom. The van der Waals surface area contributed by atoms with E-state index in [2.05, 4.69) is 20.3 Å². The van der Waals surface area contributed by atoms with Gasteiger partial charge in [0.1, 0.15) is 5.69 Å². The number of phenols is 1. The maximum atomic E-state index is 13.2. The molecule has 0 radical (unpaired) electrons. The molecule has 0 aromatic heterocycles. The zero-order valence-corrected chi connectivity index (χ0v) is 25.3. The highest BCUT2D eigenvalue weighted by Gasteiger charge is 2.21. The lowest BCUT2D eigenvalue weighted by molar-refractivity contribution is -0.384. The highest BCUT2D eigenvalue weighted by molar-refractivity contribution is 7.92. The fourth-order valence-corrected chi connectivity index (χ4v) is 5.99. The Labute approximate surface area is 262 Å². The molecule has 234 valence electrons. The monoisotopic (exact) mass is 661 g/mol. The number of hydrogen-bond donors (Lipinski definition) is 4. The van der Waals surface area contributed by atoms with Gasteiger partial charge < -0.3 is 10.4 Å². The van der Waals surface area contributed by atoms with Gasteiger partial charge >= 0.3 is 0 Å². The number of nitro benzene ring substituents is 1. The summed E-state index contributed by atoms with van der Waals surface area (Å²) in [4.78, 5) is 23.0. The Morgan fingerprint density at radius 1 is 0.826 bits per heavy atom. The Hall–Kier alpha value is -5.71. The second kappa shape index (κ2) is 12.4. The van der Waals surface area contributed by atoms with Gasteiger partial charge in [0.25, 0.3) is 31.7 Å². The van der Waals surface area contributed by atoms with Crippen molar-refractivity contribution in [3.05, 3.63) is 118 Å². The van der Waals surface area contributed by atoms with Gasteiger partial charge in [0, 0.05) is 23.2 Å². The first-order chi connectivity index (χ1) is 21.7. The number of non-ortho nitro benzene ring substituents is 1. The van der Waals surface area contributed by atoms with E-state index in [4.69, 9.17) is 0 Å². The summed E-state index contributed by atoms with van der Waals surface area (Å²) in [6.45, 7) is 1.65. The minimum atomic E-state index is -4.57. The van der Waals surface area contributed by atoms with E-state index in [0.29, 0.717) is 16.3 Å². The molecular weight excluding hydrogens is 638 g/mol. The number of phenolic OH excluding ortho intramolecular Hbond substituents is 1. The normalized spacial score (nSPS) is 11.9. The summed E-state index contributed by atoms with van der Waals surface area (Å²) in [6, 6.07) is 22.0. The van der Waals surface area contributed by atoms with Crippen molar-refractivity contribution in [1.82, 2.24) is 0 Å². The molecule has 0 bridgehead atoms. The van der Waals surface area contributed by atoms with Gasteiger partial charge in [-0.3, -0.25) is 24.2 Å². The van der Waals surface area contributed by atoms with Gasteiger partial charge in [-0.2, -0.15) is 13.5 Å². The molecule has 0 saturated carbocycles. The highest BCUT2D eigenvalue weighted by Crippen LogP contribution is 2.40. The molecule has 0 aliphatic heterocycles. The zero-order chi connectivity index (χ0) is 33.2. The second-order valence-electron chi connectivity index (χ2n) is 9.86. The van der Waals surface area contributed by atoms with Gasteiger partial charge in [-0.05, 0) is 60.3 Å².